The van der Waals surface area contributed by atoms with Crippen molar-refractivity contribution in [2.75, 3.05) is 0 Å². The van der Waals surface area contributed by atoms with Gasteiger partial charge in [-0.1, -0.05) is 30.3 Å². The summed E-state index contributed by atoms with van der Waals surface area (Å²) in [5.41, 5.74) is 0.786. The molecule has 0 saturated heterocycles. The standard InChI is InChI=1S/C12H13NO4/c14-11(15)7-6-10(12(16)17)13-8-9-4-2-1-3-5-9/h1-5,8,10H,6-7H2,(H,14,15)(H,16,17)/t10-/m0/s1. The fourth-order valence-corrected chi connectivity index (χ4v) is 1.24. The zero-order valence-electron chi connectivity index (χ0n) is 9.11. The van der Waals surface area contributed by atoms with Crippen LogP contribution < -0.4 is 0 Å². The van der Waals surface area contributed by atoms with Crippen LogP contribution in [0.3, 0.4) is 0 Å². The summed E-state index contributed by atoms with van der Waals surface area (Å²) in [5, 5.41) is 17.3. The lowest BCUT2D eigenvalue weighted by molar-refractivity contribution is -0.139. The topological polar surface area (TPSA) is 87.0 Å². The van der Waals surface area contributed by atoms with Crippen molar-refractivity contribution in [1.82, 2.24) is 0 Å². The summed E-state index contributed by atoms with van der Waals surface area (Å²) in [6.45, 7) is 0. The Kier molecular flexibility index (Phi) is 4.87. The molecule has 5 heteroatoms. The van der Waals surface area contributed by atoms with Gasteiger partial charge in [-0.2, -0.15) is 0 Å². The van der Waals surface area contributed by atoms with Crippen LogP contribution in [0.2, 0.25) is 0 Å². The molecule has 2 N–H and O–H groups in total. The highest BCUT2D eigenvalue weighted by molar-refractivity contribution is 5.83. The fourth-order valence-electron chi connectivity index (χ4n) is 1.24. The van der Waals surface area contributed by atoms with E-state index in [4.69, 9.17) is 10.2 Å². The summed E-state index contributed by atoms with van der Waals surface area (Å²) in [4.78, 5) is 25.1. The molecule has 1 aromatic rings. The SMILES string of the molecule is O=C(O)CC[C@H](N=Cc1ccccc1)C(=O)O. The summed E-state index contributed by atoms with van der Waals surface area (Å²) in [7, 11) is 0. The predicted molar refractivity (Wildman–Crippen MR) is 62.3 cm³/mol. The first kappa shape index (κ1) is 12.9. The molecule has 17 heavy (non-hydrogen) atoms. The number of rotatable bonds is 6. The molecule has 0 radical (unpaired) electrons. The molecule has 5 nitrogen and oxygen atoms in total. The van der Waals surface area contributed by atoms with Gasteiger partial charge in [-0.25, -0.2) is 4.79 Å². The Morgan fingerprint density at radius 2 is 1.88 bits per heavy atom. The van der Waals surface area contributed by atoms with Gasteiger partial charge in [-0.3, -0.25) is 9.79 Å². The lowest BCUT2D eigenvalue weighted by atomic mass is 10.1. The molecule has 0 spiro atoms. The van der Waals surface area contributed by atoms with E-state index >= 15 is 0 Å². The fraction of sp³-hybridized carbons (Fsp3) is 0.250. The molecule has 0 bridgehead atoms. The van der Waals surface area contributed by atoms with Gasteiger partial charge < -0.3 is 10.2 Å². The highest BCUT2D eigenvalue weighted by Crippen LogP contribution is 2.04. The second-order valence-electron chi connectivity index (χ2n) is 3.48. The first-order valence-corrected chi connectivity index (χ1v) is 5.12. The van der Waals surface area contributed by atoms with Crippen molar-refractivity contribution in [3.63, 3.8) is 0 Å². The molecule has 1 atom stereocenters. The zero-order chi connectivity index (χ0) is 12.7. The Balaban J connectivity index is 2.63. The van der Waals surface area contributed by atoms with E-state index in [9.17, 15) is 9.59 Å². The number of hydrogen-bond donors (Lipinski definition) is 2. The van der Waals surface area contributed by atoms with Gasteiger partial charge >= 0.3 is 11.9 Å². The van der Waals surface area contributed by atoms with E-state index in [0.717, 1.165) is 5.56 Å². The van der Waals surface area contributed by atoms with E-state index < -0.39 is 18.0 Å². The molecular formula is C12H13NO4. The summed E-state index contributed by atoms with van der Waals surface area (Å²) in [5.74, 6) is -2.13. The quantitative estimate of drug-likeness (QED) is 0.730. The molecular weight excluding hydrogens is 222 g/mol. The Morgan fingerprint density at radius 1 is 1.24 bits per heavy atom. The minimum atomic E-state index is -1.11. The van der Waals surface area contributed by atoms with Crippen LogP contribution in [0.1, 0.15) is 18.4 Å². The van der Waals surface area contributed by atoms with E-state index in [2.05, 4.69) is 4.99 Å². The van der Waals surface area contributed by atoms with Crippen LogP contribution in [0.4, 0.5) is 0 Å². The zero-order valence-corrected chi connectivity index (χ0v) is 9.11. The lowest BCUT2D eigenvalue weighted by Crippen LogP contribution is -2.19. The molecule has 0 unspecified atom stereocenters. The van der Waals surface area contributed by atoms with Crippen molar-refractivity contribution >= 4 is 18.2 Å². The number of hydrogen-bond acceptors (Lipinski definition) is 3. The molecule has 0 aromatic heterocycles. The van der Waals surface area contributed by atoms with Crippen LogP contribution in [-0.4, -0.2) is 34.4 Å². The van der Waals surface area contributed by atoms with Gasteiger partial charge in [-0.15, -0.1) is 0 Å². The third-order valence-electron chi connectivity index (χ3n) is 2.12. The summed E-state index contributed by atoms with van der Waals surface area (Å²) >= 11 is 0. The van der Waals surface area contributed by atoms with E-state index in [1.54, 1.807) is 12.1 Å². The van der Waals surface area contributed by atoms with Crippen molar-refractivity contribution < 1.29 is 19.8 Å². The maximum Gasteiger partial charge on any atom is 0.328 e. The van der Waals surface area contributed by atoms with Gasteiger partial charge in [0.25, 0.3) is 0 Å². The normalized spacial score (nSPS) is 12.5. The largest absolute Gasteiger partial charge is 0.481 e. The number of nitrogens with zero attached hydrogens (tertiary/aromatic N) is 1. The van der Waals surface area contributed by atoms with E-state index in [0.29, 0.717) is 0 Å². The second kappa shape index (κ2) is 6.42. The van der Waals surface area contributed by atoms with Gasteiger partial charge in [0.05, 0.1) is 0 Å². The Hall–Kier alpha value is -2.17. The number of carbonyl (C=O) groups is 2. The molecule has 0 amide bonds. The molecule has 0 aliphatic carbocycles. The molecule has 0 aliphatic rings. The van der Waals surface area contributed by atoms with Crippen molar-refractivity contribution in [3.8, 4) is 0 Å². The molecule has 0 heterocycles. The van der Waals surface area contributed by atoms with E-state index in [-0.39, 0.29) is 12.8 Å². The van der Waals surface area contributed by atoms with E-state index in [1.807, 2.05) is 18.2 Å². The van der Waals surface area contributed by atoms with Gasteiger partial charge in [0.2, 0.25) is 0 Å². The number of aliphatic carboxylic acids is 2. The average molecular weight is 235 g/mol. The molecule has 0 saturated carbocycles. The minimum absolute atomic E-state index is 0.00595. The number of aliphatic imine (C=N–C) groups is 1. The molecule has 0 fully saturated rings. The first-order valence-electron chi connectivity index (χ1n) is 5.12. The monoisotopic (exact) mass is 235 g/mol. The smallest absolute Gasteiger partial charge is 0.328 e. The van der Waals surface area contributed by atoms with Gasteiger partial charge in [0, 0.05) is 12.6 Å². The highest BCUT2D eigenvalue weighted by atomic mass is 16.4. The van der Waals surface area contributed by atoms with Gasteiger partial charge in [0.15, 0.2) is 0 Å². The Labute approximate surface area is 98.4 Å². The average Bonchev–Trinajstić information content (AvgIpc) is 2.29. The van der Waals surface area contributed by atoms with Crippen LogP contribution in [0.5, 0.6) is 0 Å². The first-order chi connectivity index (χ1) is 8.09. The van der Waals surface area contributed by atoms with Crippen molar-refractivity contribution in [2.24, 2.45) is 4.99 Å². The highest BCUT2D eigenvalue weighted by Gasteiger charge is 2.16. The van der Waals surface area contributed by atoms with Crippen LogP contribution >= 0.6 is 0 Å². The van der Waals surface area contributed by atoms with E-state index in [1.165, 1.54) is 6.21 Å². The van der Waals surface area contributed by atoms with Crippen LogP contribution in [0.25, 0.3) is 0 Å². The Morgan fingerprint density at radius 3 is 2.41 bits per heavy atom. The van der Waals surface area contributed by atoms with Crippen molar-refractivity contribution in [1.29, 1.82) is 0 Å². The third kappa shape index (κ3) is 4.92. The summed E-state index contributed by atoms with van der Waals surface area (Å²) in [6, 6.07) is 8.05. The van der Waals surface area contributed by atoms with Crippen molar-refractivity contribution in [2.45, 2.75) is 18.9 Å². The Bertz CT molecular complexity index is 414. The predicted octanol–water partition coefficient (Wildman–Crippen LogP) is 1.42. The second-order valence-corrected chi connectivity index (χ2v) is 3.48. The molecule has 1 rings (SSSR count). The van der Waals surface area contributed by atoms with Crippen molar-refractivity contribution in [3.05, 3.63) is 35.9 Å². The molecule has 0 aliphatic heterocycles. The third-order valence-corrected chi connectivity index (χ3v) is 2.12. The van der Waals surface area contributed by atoms with Gasteiger partial charge in [0.1, 0.15) is 6.04 Å². The minimum Gasteiger partial charge on any atom is -0.481 e. The maximum atomic E-state index is 10.8. The summed E-state index contributed by atoms with van der Waals surface area (Å²) in [6.07, 6.45) is 1.23. The molecule has 1 aromatic carbocycles. The lowest BCUT2D eigenvalue weighted by Gasteiger charge is -2.04. The van der Waals surface area contributed by atoms with Gasteiger partial charge in [-0.05, 0) is 12.0 Å². The number of benzene rings is 1. The number of carboxylic acid groups (broad SMARTS) is 2. The number of carboxylic acids is 2. The summed E-state index contributed by atoms with van der Waals surface area (Å²) < 4.78 is 0. The molecule has 90 valence electrons. The van der Waals surface area contributed by atoms with Crippen LogP contribution in [-0.2, 0) is 9.59 Å². The van der Waals surface area contributed by atoms with Crippen LogP contribution in [0, 0.1) is 0 Å². The van der Waals surface area contributed by atoms with Crippen LogP contribution in [0.15, 0.2) is 35.3 Å². The maximum absolute atomic E-state index is 10.8.